The number of methoxy groups -OCH3 is 1. The van der Waals surface area contributed by atoms with Crippen molar-refractivity contribution in [1.82, 2.24) is 4.98 Å². The highest BCUT2D eigenvalue weighted by Gasteiger charge is 2.08. The number of hydrogen-bond donors (Lipinski definition) is 1. The van der Waals surface area contributed by atoms with E-state index in [1.807, 2.05) is 0 Å². The molecule has 0 spiro atoms. The van der Waals surface area contributed by atoms with Crippen molar-refractivity contribution in [3.8, 4) is 10.6 Å². The minimum Gasteiger partial charge on any atom is -0.383 e. The summed E-state index contributed by atoms with van der Waals surface area (Å²) in [6, 6.07) is 4.53. The van der Waals surface area contributed by atoms with Crippen LogP contribution in [0.2, 0.25) is 0 Å². The molecule has 2 aromatic heterocycles. The first-order chi connectivity index (χ1) is 8.19. The summed E-state index contributed by atoms with van der Waals surface area (Å²) in [6.45, 7) is 4.88. The van der Waals surface area contributed by atoms with E-state index < -0.39 is 0 Å². The van der Waals surface area contributed by atoms with Crippen molar-refractivity contribution in [2.24, 2.45) is 0 Å². The molecule has 2 aromatic rings. The lowest BCUT2D eigenvalue weighted by molar-refractivity contribution is 0.190. The molecule has 0 aliphatic heterocycles. The highest BCUT2D eigenvalue weighted by Crippen LogP contribution is 2.30. The maximum absolute atomic E-state index is 5.09. The lowest BCUT2D eigenvalue weighted by Crippen LogP contribution is -2.20. The molecule has 0 saturated carbocycles. The predicted molar refractivity (Wildman–Crippen MR) is 75.1 cm³/mol. The predicted octanol–water partition coefficient (Wildman–Crippen LogP) is 3.63. The number of thiophene rings is 1. The van der Waals surface area contributed by atoms with Gasteiger partial charge in [-0.25, -0.2) is 4.98 Å². The molecule has 0 radical (unpaired) electrons. The second-order valence-electron chi connectivity index (χ2n) is 3.95. The summed E-state index contributed by atoms with van der Waals surface area (Å²) in [5, 5.41) is 6.37. The number of aromatic nitrogens is 1. The number of rotatable bonds is 5. The van der Waals surface area contributed by atoms with Crippen LogP contribution in [0.3, 0.4) is 0 Å². The minimum atomic E-state index is 0.282. The standard InChI is InChI=1S/C12H16N2OS2/c1-8(6-15-3)13-12-14-10(7-16-12)11-5-4-9(2)17-11/h4-5,7-8H,6H2,1-3H3,(H,13,14)/t8-/m0/s1. The van der Waals surface area contributed by atoms with E-state index in [1.54, 1.807) is 29.8 Å². The summed E-state index contributed by atoms with van der Waals surface area (Å²) in [5.74, 6) is 0. The van der Waals surface area contributed by atoms with Gasteiger partial charge in [-0.2, -0.15) is 0 Å². The number of nitrogens with one attached hydrogen (secondary N) is 1. The molecular weight excluding hydrogens is 252 g/mol. The molecule has 5 heteroatoms. The maximum atomic E-state index is 5.09. The van der Waals surface area contributed by atoms with E-state index in [1.165, 1.54) is 9.75 Å². The van der Waals surface area contributed by atoms with E-state index in [2.05, 4.69) is 41.7 Å². The fourth-order valence-corrected chi connectivity index (χ4v) is 3.25. The molecule has 2 heterocycles. The molecular formula is C12H16N2OS2. The molecule has 0 amide bonds. The largest absolute Gasteiger partial charge is 0.383 e. The third-order valence-corrected chi connectivity index (χ3v) is 4.08. The molecule has 1 N–H and O–H groups in total. The van der Waals surface area contributed by atoms with Gasteiger partial charge < -0.3 is 10.1 Å². The van der Waals surface area contributed by atoms with Crippen LogP contribution in [0.4, 0.5) is 5.13 Å². The number of aryl methyl sites for hydroxylation is 1. The van der Waals surface area contributed by atoms with E-state index in [0.717, 1.165) is 10.8 Å². The molecule has 0 bridgehead atoms. The van der Waals surface area contributed by atoms with Crippen molar-refractivity contribution in [2.75, 3.05) is 19.0 Å². The highest BCUT2D eigenvalue weighted by atomic mass is 32.1. The summed E-state index contributed by atoms with van der Waals surface area (Å²) >= 11 is 3.41. The van der Waals surface area contributed by atoms with Gasteiger partial charge in [0.15, 0.2) is 5.13 Å². The Kier molecular flexibility index (Phi) is 4.15. The summed E-state index contributed by atoms with van der Waals surface area (Å²) in [5.41, 5.74) is 1.06. The van der Waals surface area contributed by atoms with Crippen LogP contribution in [0, 0.1) is 6.92 Å². The van der Waals surface area contributed by atoms with Gasteiger partial charge in [-0.15, -0.1) is 22.7 Å². The summed E-state index contributed by atoms with van der Waals surface area (Å²) in [4.78, 5) is 7.12. The van der Waals surface area contributed by atoms with Crippen LogP contribution in [-0.4, -0.2) is 24.7 Å². The fraction of sp³-hybridized carbons (Fsp3) is 0.417. The molecule has 0 aliphatic carbocycles. The molecule has 0 saturated heterocycles. The maximum Gasteiger partial charge on any atom is 0.183 e. The molecule has 1 atom stereocenters. The van der Waals surface area contributed by atoms with Crippen molar-refractivity contribution in [3.63, 3.8) is 0 Å². The molecule has 0 fully saturated rings. The first-order valence-corrected chi connectivity index (χ1v) is 7.16. The van der Waals surface area contributed by atoms with Gasteiger partial charge in [0.25, 0.3) is 0 Å². The number of nitrogens with zero attached hydrogens (tertiary/aromatic N) is 1. The Morgan fingerprint density at radius 3 is 2.94 bits per heavy atom. The monoisotopic (exact) mass is 268 g/mol. The zero-order valence-corrected chi connectivity index (χ0v) is 11.8. The number of thiazole rings is 1. The Balaban J connectivity index is 2.05. The summed E-state index contributed by atoms with van der Waals surface area (Å²) < 4.78 is 5.09. The van der Waals surface area contributed by atoms with Crippen molar-refractivity contribution < 1.29 is 4.74 Å². The normalized spacial score (nSPS) is 12.6. The van der Waals surface area contributed by atoms with Crippen LogP contribution in [0.15, 0.2) is 17.5 Å². The number of ether oxygens (including phenoxy) is 1. The van der Waals surface area contributed by atoms with Gasteiger partial charge in [0.2, 0.25) is 0 Å². The average Bonchev–Trinajstić information content (AvgIpc) is 2.87. The van der Waals surface area contributed by atoms with Gasteiger partial charge in [-0.1, -0.05) is 0 Å². The lowest BCUT2D eigenvalue weighted by atomic mass is 10.4. The van der Waals surface area contributed by atoms with Gasteiger partial charge in [-0.3, -0.25) is 0 Å². The van der Waals surface area contributed by atoms with Gasteiger partial charge in [0.1, 0.15) is 0 Å². The Morgan fingerprint density at radius 1 is 1.47 bits per heavy atom. The Bertz CT molecular complexity index is 478. The minimum absolute atomic E-state index is 0.282. The van der Waals surface area contributed by atoms with Crippen LogP contribution < -0.4 is 5.32 Å². The Morgan fingerprint density at radius 2 is 2.29 bits per heavy atom. The molecule has 3 nitrogen and oxygen atoms in total. The molecule has 17 heavy (non-hydrogen) atoms. The molecule has 2 rings (SSSR count). The van der Waals surface area contributed by atoms with Crippen LogP contribution in [-0.2, 0) is 4.74 Å². The first-order valence-electron chi connectivity index (χ1n) is 5.47. The first kappa shape index (κ1) is 12.5. The fourth-order valence-electron chi connectivity index (χ4n) is 1.53. The topological polar surface area (TPSA) is 34.1 Å². The van der Waals surface area contributed by atoms with Gasteiger partial charge in [-0.05, 0) is 26.0 Å². The average molecular weight is 268 g/mol. The van der Waals surface area contributed by atoms with E-state index >= 15 is 0 Å². The SMILES string of the molecule is COC[C@H](C)Nc1nc(-c2ccc(C)s2)cs1. The number of hydrogen-bond acceptors (Lipinski definition) is 5. The van der Waals surface area contributed by atoms with Crippen LogP contribution >= 0.6 is 22.7 Å². The van der Waals surface area contributed by atoms with Crippen molar-refractivity contribution >= 4 is 27.8 Å². The van der Waals surface area contributed by atoms with E-state index in [4.69, 9.17) is 4.74 Å². The van der Waals surface area contributed by atoms with Crippen molar-refractivity contribution in [2.45, 2.75) is 19.9 Å². The van der Waals surface area contributed by atoms with Crippen LogP contribution in [0.1, 0.15) is 11.8 Å². The van der Waals surface area contributed by atoms with E-state index in [0.29, 0.717) is 6.61 Å². The van der Waals surface area contributed by atoms with Gasteiger partial charge in [0.05, 0.1) is 17.2 Å². The lowest BCUT2D eigenvalue weighted by Gasteiger charge is -2.10. The highest BCUT2D eigenvalue weighted by molar-refractivity contribution is 7.16. The Hall–Kier alpha value is -0.910. The molecule has 92 valence electrons. The van der Waals surface area contributed by atoms with E-state index in [9.17, 15) is 0 Å². The summed E-state index contributed by atoms with van der Waals surface area (Å²) in [6.07, 6.45) is 0. The second-order valence-corrected chi connectivity index (χ2v) is 6.09. The van der Waals surface area contributed by atoms with Gasteiger partial charge in [0, 0.05) is 23.4 Å². The molecule has 0 aromatic carbocycles. The van der Waals surface area contributed by atoms with Crippen molar-refractivity contribution in [1.29, 1.82) is 0 Å². The molecule has 0 aliphatic rings. The molecule has 0 unspecified atom stereocenters. The van der Waals surface area contributed by atoms with Gasteiger partial charge >= 0.3 is 0 Å². The third-order valence-electron chi connectivity index (χ3n) is 2.28. The second kappa shape index (κ2) is 5.62. The Labute approximate surface area is 109 Å². The third kappa shape index (κ3) is 3.28. The zero-order valence-electron chi connectivity index (χ0n) is 10.2. The van der Waals surface area contributed by atoms with Crippen LogP contribution in [0.5, 0.6) is 0 Å². The van der Waals surface area contributed by atoms with Crippen molar-refractivity contribution in [3.05, 3.63) is 22.4 Å². The van der Waals surface area contributed by atoms with Crippen LogP contribution in [0.25, 0.3) is 10.6 Å². The smallest absolute Gasteiger partial charge is 0.183 e. The summed E-state index contributed by atoms with van der Waals surface area (Å²) in [7, 11) is 1.71. The van der Waals surface area contributed by atoms with E-state index in [-0.39, 0.29) is 6.04 Å². The quantitative estimate of drug-likeness (QED) is 0.899. The number of anilines is 1. The zero-order chi connectivity index (χ0) is 12.3.